The van der Waals surface area contributed by atoms with E-state index >= 15 is 0 Å². The van der Waals surface area contributed by atoms with E-state index in [1.807, 2.05) is 32.9 Å². The van der Waals surface area contributed by atoms with Crippen molar-refractivity contribution in [3.8, 4) is 0 Å². The molecule has 3 rings (SSSR count). The molecule has 3 heterocycles. The molecule has 1 aromatic heterocycles. The first-order chi connectivity index (χ1) is 12.8. The molecule has 1 unspecified atom stereocenters. The average Bonchev–Trinajstić information content (AvgIpc) is 3.01. The summed E-state index contributed by atoms with van der Waals surface area (Å²) in [7, 11) is 0. The molecule has 148 valence electrons. The number of carbonyl (C=O) groups excluding carboxylic acids is 2. The maximum absolute atomic E-state index is 12.4. The van der Waals surface area contributed by atoms with Crippen molar-refractivity contribution < 1.29 is 14.3 Å². The zero-order valence-electron chi connectivity index (χ0n) is 16.4. The molecule has 8 nitrogen and oxygen atoms in total. The summed E-state index contributed by atoms with van der Waals surface area (Å²) in [5.74, 6) is 1.06. The van der Waals surface area contributed by atoms with E-state index in [0.29, 0.717) is 45.7 Å². The van der Waals surface area contributed by atoms with Gasteiger partial charge in [-0.15, -0.1) is 0 Å². The minimum absolute atomic E-state index is 0.0899. The molecule has 2 fully saturated rings. The Bertz CT molecular complexity index is 695. The SMILES string of the molecule is CC(C)(C)OC(=O)N1CCN(c2ncccc2N2CC(CN)CC2=O)CC1. The topological polar surface area (TPSA) is 92.0 Å². The van der Waals surface area contributed by atoms with Crippen LogP contribution in [0.5, 0.6) is 0 Å². The highest BCUT2D eigenvalue weighted by Crippen LogP contribution is 2.32. The van der Waals surface area contributed by atoms with E-state index in [1.54, 1.807) is 16.0 Å². The molecule has 1 aromatic rings. The van der Waals surface area contributed by atoms with Gasteiger partial charge in [-0.3, -0.25) is 4.79 Å². The molecule has 0 saturated carbocycles. The lowest BCUT2D eigenvalue weighted by Gasteiger charge is -2.37. The molecular formula is C19H29N5O3. The fraction of sp³-hybridized carbons (Fsp3) is 0.632. The van der Waals surface area contributed by atoms with Crippen molar-refractivity contribution in [2.45, 2.75) is 32.8 Å². The summed E-state index contributed by atoms with van der Waals surface area (Å²) < 4.78 is 5.45. The Morgan fingerprint density at radius 1 is 1.30 bits per heavy atom. The minimum Gasteiger partial charge on any atom is -0.444 e. The number of rotatable bonds is 3. The summed E-state index contributed by atoms with van der Waals surface area (Å²) in [4.78, 5) is 34.8. The summed E-state index contributed by atoms with van der Waals surface area (Å²) in [5.41, 5.74) is 6.07. The molecule has 2 saturated heterocycles. The lowest BCUT2D eigenvalue weighted by molar-refractivity contribution is -0.117. The predicted octanol–water partition coefficient (Wildman–Crippen LogP) is 1.45. The van der Waals surface area contributed by atoms with Crippen LogP contribution in [-0.4, -0.2) is 66.8 Å². The van der Waals surface area contributed by atoms with Crippen molar-refractivity contribution in [2.75, 3.05) is 49.1 Å². The summed E-state index contributed by atoms with van der Waals surface area (Å²) in [6, 6.07) is 3.78. The Kier molecular flexibility index (Phi) is 5.55. The van der Waals surface area contributed by atoms with E-state index in [9.17, 15) is 9.59 Å². The summed E-state index contributed by atoms with van der Waals surface area (Å²) >= 11 is 0. The Labute approximate surface area is 160 Å². The Morgan fingerprint density at radius 3 is 2.59 bits per heavy atom. The van der Waals surface area contributed by atoms with Gasteiger partial charge in [-0.25, -0.2) is 9.78 Å². The van der Waals surface area contributed by atoms with Crippen LogP contribution in [0.2, 0.25) is 0 Å². The van der Waals surface area contributed by atoms with Crippen LogP contribution in [-0.2, 0) is 9.53 Å². The highest BCUT2D eigenvalue weighted by molar-refractivity contribution is 5.98. The Morgan fingerprint density at radius 2 is 2.00 bits per heavy atom. The van der Waals surface area contributed by atoms with Gasteiger partial charge >= 0.3 is 6.09 Å². The van der Waals surface area contributed by atoms with Gasteiger partial charge < -0.3 is 25.2 Å². The standard InChI is InChI=1S/C19H29N5O3/c1-19(2,3)27-18(26)23-9-7-22(8-10-23)17-15(5-4-6-21-17)24-13-14(12-20)11-16(24)25/h4-6,14H,7-13,20H2,1-3H3. The van der Waals surface area contributed by atoms with Crippen LogP contribution in [0.1, 0.15) is 27.2 Å². The van der Waals surface area contributed by atoms with E-state index in [4.69, 9.17) is 10.5 Å². The van der Waals surface area contributed by atoms with E-state index in [2.05, 4.69) is 9.88 Å². The normalized spacial score (nSPS) is 21.0. The molecule has 1 atom stereocenters. The number of pyridine rings is 1. The molecule has 2 amide bonds. The van der Waals surface area contributed by atoms with Crippen LogP contribution < -0.4 is 15.5 Å². The van der Waals surface area contributed by atoms with Crippen LogP contribution in [0.3, 0.4) is 0 Å². The maximum atomic E-state index is 12.4. The zero-order chi connectivity index (χ0) is 19.6. The van der Waals surface area contributed by atoms with E-state index in [0.717, 1.165) is 11.5 Å². The number of nitrogens with two attached hydrogens (primary N) is 1. The van der Waals surface area contributed by atoms with Crippen LogP contribution in [0, 0.1) is 5.92 Å². The van der Waals surface area contributed by atoms with E-state index < -0.39 is 5.60 Å². The van der Waals surface area contributed by atoms with Crippen LogP contribution >= 0.6 is 0 Å². The third kappa shape index (κ3) is 4.50. The Balaban J connectivity index is 1.69. The van der Waals surface area contributed by atoms with Crippen LogP contribution in [0.4, 0.5) is 16.3 Å². The first-order valence-corrected chi connectivity index (χ1v) is 9.47. The number of anilines is 2. The lowest BCUT2D eigenvalue weighted by atomic mass is 10.1. The summed E-state index contributed by atoms with van der Waals surface area (Å²) in [5, 5.41) is 0. The number of hydrogen-bond acceptors (Lipinski definition) is 6. The van der Waals surface area contributed by atoms with E-state index in [1.165, 1.54) is 0 Å². The number of ether oxygens (including phenoxy) is 1. The van der Waals surface area contributed by atoms with Crippen molar-refractivity contribution >= 4 is 23.5 Å². The number of aromatic nitrogens is 1. The molecule has 0 radical (unpaired) electrons. The van der Waals surface area contributed by atoms with Gasteiger partial charge in [-0.1, -0.05) is 0 Å². The lowest BCUT2D eigenvalue weighted by Crippen LogP contribution is -2.50. The van der Waals surface area contributed by atoms with Crippen LogP contribution in [0.15, 0.2) is 18.3 Å². The van der Waals surface area contributed by atoms with Crippen molar-refractivity contribution in [3.63, 3.8) is 0 Å². The molecule has 0 bridgehead atoms. The van der Waals surface area contributed by atoms with Crippen molar-refractivity contribution in [2.24, 2.45) is 11.7 Å². The Hall–Kier alpha value is -2.35. The van der Waals surface area contributed by atoms with Gasteiger partial charge in [-0.2, -0.15) is 0 Å². The van der Waals surface area contributed by atoms with Gasteiger partial charge in [0.1, 0.15) is 5.60 Å². The van der Waals surface area contributed by atoms with Gasteiger partial charge in [0.25, 0.3) is 0 Å². The molecule has 0 aromatic carbocycles. The number of nitrogens with zero attached hydrogens (tertiary/aromatic N) is 4. The minimum atomic E-state index is -0.502. The monoisotopic (exact) mass is 375 g/mol. The van der Waals surface area contributed by atoms with Gasteiger partial charge in [0.05, 0.1) is 5.69 Å². The highest BCUT2D eigenvalue weighted by Gasteiger charge is 2.33. The first-order valence-electron chi connectivity index (χ1n) is 9.47. The second-order valence-corrected chi connectivity index (χ2v) is 8.11. The molecule has 0 spiro atoms. The fourth-order valence-electron chi connectivity index (χ4n) is 3.44. The third-order valence-electron chi connectivity index (χ3n) is 4.83. The number of piperazine rings is 1. The van der Waals surface area contributed by atoms with Crippen molar-refractivity contribution in [1.29, 1.82) is 0 Å². The highest BCUT2D eigenvalue weighted by atomic mass is 16.6. The second kappa shape index (κ2) is 7.72. The maximum Gasteiger partial charge on any atom is 0.410 e. The van der Waals surface area contributed by atoms with Crippen LogP contribution in [0.25, 0.3) is 0 Å². The quantitative estimate of drug-likeness (QED) is 0.860. The third-order valence-corrected chi connectivity index (χ3v) is 4.83. The number of amides is 2. The molecule has 8 heteroatoms. The first kappa shape index (κ1) is 19.4. The van der Waals surface area contributed by atoms with Gasteiger partial charge in [0, 0.05) is 45.3 Å². The van der Waals surface area contributed by atoms with Crippen molar-refractivity contribution in [3.05, 3.63) is 18.3 Å². The molecular weight excluding hydrogens is 346 g/mol. The zero-order valence-corrected chi connectivity index (χ0v) is 16.4. The second-order valence-electron chi connectivity index (χ2n) is 8.11. The molecule has 27 heavy (non-hydrogen) atoms. The summed E-state index contributed by atoms with van der Waals surface area (Å²) in [6.45, 7) is 9.14. The van der Waals surface area contributed by atoms with Gasteiger partial charge in [-0.05, 0) is 45.4 Å². The largest absolute Gasteiger partial charge is 0.444 e. The van der Waals surface area contributed by atoms with Crippen molar-refractivity contribution in [1.82, 2.24) is 9.88 Å². The fourth-order valence-corrected chi connectivity index (χ4v) is 3.44. The predicted molar refractivity (Wildman–Crippen MR) is 104 cm³/mol. The smallest absolute Gasteiger partial charge is 0.410 e. The average molecular weight is 375 g/mol. The molecule has 2 aliphatic heterocycles. The van der Waals surface area contributed by atoms with Gasteiger partial charge in [0.15, 0.2) is 5.82 Å². The summed E-state index contributed by atoms with van der Waals surface area (Å²) in [6.07, 6.45) is 1.93. The molecule has 2 aliphatic rings. The van der Waals surface area contributed by atoms with E-state index in [-0.39, 0.29) is 17.9 Å². The molecule has 0 aliphatic carbocycles. The molecule has 2 N–H and O–H groups in total. The number of hydrogen-bond donors (Lipinski definition) is 1. The van der Waals surface area contributed by atoms with Gasteiger partial charge in [0.2, 0.25) is 5.91 Å². The number of carbonyl (C=O) groups is 2.